The number of allylic oxidation sites excluding steroid dienone is 3. The van der Waals surface area contributed by atoms with Crippen molar-refractivity contribution in [3.63, 3.8) is 0 Å². The summed E-state index contributed by atoms with van der Waals surface area (Å²) in [6.45, 7) is 1.79. The standard InChI is InChI=1S/C27H24N4O5S/c1-19-14-22-17-30(29-31(22)26(32)15-19)18-28-37(33,34)23-12-13-24-25(16-23)36-27(35-24,20-8-4-2-5-9-20)21-10-6-3-7-11-21/h2-17,28-29,32H,18H2,1H3. The highest BCUT2D eigenvalue weighted by Crippen LogP contribution is 2.48. The van der Waals surface area contributed by atoms with Crippen molar-refractivity contribution in [2.75, 3.05) is 6.67 Å². The van der Waals surface area contributed by atoms with Gasteiger partial charge >= 0.3 is 5.79 Å². The number of ether oxygens (including phenoxy) is 2. The number of hydrogen-bond acceptors (Lipinski definition) is 8. The molecule has 0 aliphatic carbocycles. The second-order valence-electron chi connectivity index (χ2n) is 8.82. The van der Waals surface area contributed by atoms with E-state index >= 15 is 0 Å². The Balaban J connectivity index is 1.24. The lowest BCUT2D eigenvalue weighted by molar-refractivity contribution is -0.0459. The van der Waals surface area contributed by atoms with Gasteiger partial charge in [0.25, 0.3) is 0 Å². The maximum absolute atomic E-state index is 13.2. The van der Waals surface area contributed by atoms with E-state index in [1.54, 1.807) is 18.3 Å². The second-order valence-corrected chi connectivity index (χ2v) is 10.6. The number of hydrazine groups is 2. The van der Waals surface area contributed by atoms with Crippen LogP contribution in [0.1, 0.15) is 18.1 Å². The monoisotopic (exact) mass is 516 g/mol. The van der Waals surface area contributed by atoms with E-state index in [-0.39, 0.29) is 17.4 Å². The second kappa shape index (κ2) is 8.70. The summed E-state index contributed by atoms with van der Waals surface area (Å²) in [4.78, 5) is 0.0369. The minimum atomic E-state index is -3.90. The zero-order chi connectivity index (χ0) is 25.6. The number of hydrogen-bond donors (Lipinski definition) is 3. The lowest BCUT2D eigenvalue weighted by Gasteiger charge is -2.28. The van der Waals surface area contributed by atoms with Crippen molar-refractivity contribution in [3.05, 3.63) is 125 Å². The summed E-state index contributed by atoms with van der Waals surface area (Å²) in [6, 6.07) is 23.6. The van der Waals surface area contributed by atoms with Gasteiger partial charge in [-0.05, 0) is 30.7 Å². The van der Waals surface area contributed by atoms with E-state index in [4.69, 9.17) is 9.47 Å². The van der Waals surface area contributed by atoms with Crippen molar-refractivity contribution in [1.29, 1.82) is 0 Å². The van der Waals surface area contributed by atoms with Gasteiger partial charge in [0.15, 0.2) is 11.5 Å². The van der Waals surface area contributed by atoms with E-state index < -0.39 is 15.8 Å². The van der Waals surface area contributed by atoms with Crippen LogP contribution in [0.3, 0.4) is 0 Å². The molecule has 0 aromatic heterocycles. The molecule has 10 heteroatoms. The fraction of sp³-hybridized carbons (Fsp3) is 0.111. The molecular formula is C27H24N4O5S. The molecule has 3 aliphatic rings. The first-order valence-electron chi connectivity index (χ1n) is 11.6. The van der Waals surface area contributed by atoms with Crippen LogP contribution in [0, 0.1) is 0 Å². The number of fused-ring (bicyclic) bond motifs is 2. The normalized spacial score (nSPS) is 17.7. The lowest BCUT2D eigenvalue weighted by Crippen LogP contribution is -2.45. The molecule has 37 heavy (non-hydrogen) atoms. The first-order chi connectivity index (χ1) is 17.8. The van der Waals surface area contributed by atoms with Gasteiger partial charge in [-0.25, -0.2) is 13.4 Å². The zero-order valence-corrected chi connectivity index (χ0v) is 20.6. The van der Waals surface area contributed by atoms with Crippen molar-refractivity contribution in [1.82, 2.24) is 20.3 Å². The molecule has 0 saturated carbocycles. The smallest absolute Gasteiger partial charge is 0.305 e. The lowest BCUT2D eigenvalue weighted by atomic mass is 9.97. The Morgan fingerprint density at radius 1 is 0.919 bits per heavy atom. The number of aliphatic hydroxyl groups excluding tert-OH is 1. The fourth-order valence-corrected chi connectivity index (χ4v) is 5.43. The van der Waals surface area contributed by atoms with Crippen molar-refractivity contribution in [3.8, 4) is 11.5 Å². The van der Waals surface area contributed by atoms with Gasteiger partial charge in [0.05, 0.1) is 17.3 Å². The van der Waals surface area contributed by atoms with Crippen molar-refractivity contribution >= 4 is 10.0 Å². The highest BCUT2D eigenvalue weighted by molar-refractivity contribution is 7.89. The van der Waals surface area contributed by atoms with Gasteiger partial charge in [-0.3, -0.25) is 5.01 Å². The number of nitrogens with zero attached hydrogens (tertiary/aromatic N) is 2. The van der Waals surface area contributed by atoms with Gasteiger partial charge in [0.1, 0.15) is 0 Å². The van der Waals surface area contributed by atoms with Gasteiger partial charge < -0.3 is 14.6 Å². The molecule has 0 radical (unpaired) electrons. The average Bonchev–Trinajstić information content (AvgIpc) is 3.50. The summed E-state index contributed by atoms with van der Waals surface area (Å²) in [7, 11) is -3.90. The van der Waals surface area contributed by atoms with Crippen LogP contribution in [0.5, 0.6) is 11.5 Å². The Bertz CT molecular complexity index is 1510. The van der Waals surface area contributed by atoms with Crippen LogP contribution in [0.15, 0.2) is 119 Å². The predicted octanol–water partition coefficient (Wildman–Crippen LogP) is 3.83. The zero-order valence-electron chi connectivity index (χ0n) is 19.8. The Morgan fingerprint density at radius 2 is 1.57 bits per heavy atom. The predicted molar refractivity (Wildman–Crippen MR) is 136 cm³/mol. The Morgan fingerprint density at radius 3 is 2.24 bits per heavy atom. The summed E-state index contributed by atoms with van der Waals surface area (Å²) in [5.74, 6) is -0.450. The molecule has 0 fully saturated rings. The number of sulfonamides is 1. The number of nitrogens with one attached hydrogen (secondary N) is 2. The van der Waals surface area contributed by atoms with Crippen LogP contribution in [0.4, 0.5) is 0 Å². The van der Waals surface area contributed by atoms with E-state index in [2.05, 4.69) is 10.3 Å². The van der Waals surface area contributed by atoms with Gasteiger partial charge in [-0.15, -0.1) is 5.53 Å². The number of aliphatic hydroxyl groups is 1. The minimum absolute atomic E-state index is 0.0210. The third kappa shape index (κ3) is 4.10. The Hall–Kier alpha value is -4.25. The van der Waals surface area contributed by atoms with Gasteiger partial charge in [-0.2, -0.15) is 4.72 Å². The van der Waals surface area contributed by atoms with E-state index in [1.165, 1.54) is 22.2 Å². The van der Waals surface area contributed by atoms with E-state index in [9.17, 15) is 13.5 Å². The molecule has 188 valence electrons. The highest BCUT2D eigenvalue weighted by Gasteiger charge is 2.45. The first kappa shape index (κ1) is 23.2. The van der Waals surface area contributed by atoms with Crippen LogP contribution in [-0.2, 0) is 15.8 Å². The van der Waals surface area contributed by atoms with Gasteiger partial charge in [-0.1, -0.05) is 60.7 Å². The summed E-state index contributed by atoms with van der Waals surface area (Å²) < 4.78 is 41.6. The van der Waals surface area contributed by atoms with Gasteiger partial charge in [0.2, 0.25) is 15.9 Å². The molecule has 0 unspecified atom stereocenters. The number of rotatable bonds is 6. The first-order valence-corrected chi connectivity index (χ1v) is 13.1. The van der Waals surface area contributed by atoms with Crippen LogP contribution in [0.2, 0.25) is 0 Å². The molecule has 0 atom stereocenters. The Labute approximate surface area is 214 Å². The minimum Gasteiger partial charge on any atom is -0.493 e. The largest absolute Gasteiger partial charge is 0.493 e. The molecule has 0 saturated heterocycles. The fourth-order valence-electron chi connectivity index (χ4n) is 4.45. The molecule has 3 aliphatic heterocycles. The van der Waals surface area contributed by atoms with Crippen molar-refractivity contribution < 1.29 is 23.0 Å². The van der Waals surface area contributed by atoms with Gasteiger partial charge in [0, 0.05) is 29.5 Å². The molecule has 3 N–H and O–H groups in total. The highest BCUT2D eigenvalue weighted by atomic mass is 32.2. The SMILES string of the molecule is CC1=CC2=CN(CNS(=O)(=O)c3ccc4c(c3)OC(c3ccccc3)(c3ccccc3)O4)NN2C(O)=C1. The van der Waals surface area contributed by atoms with E-state index in [0.29, 0.717) is 17.2 Å². The third-order valence-corrected chi connectivity index (χ3v) is 7.59. The van der Waals surface area contributed by atoms with Crippen LogP contribution in [-0.4, -0.2) is 30.2 Å². The van der Waals surface area contributed by atoms with Crippen LogP contribution in [0.25, 0.3) is 0 Å². The molecule has 0 bridgehead atoms. The quantitative estimate of drug-likeness (QED) is 0.454. The van der Waals surface area contributed by atoms with Crippen molar-refractivity contribution in [2.45, 2.75) is 17.6 Å². The molecule has 0 spiro atoms. The Kier molecular flexibility index (Phi) is 5.45. The molecule has 3 aromatic rings. The summed E-state index contributed by atoms with van der Waals surface area (Å²) >= 11 is 0. The maximum atomic E-state index is 13.2. The molecule has 3 heterocycles. The molecule has 0 amide bonds. The molecular weight excluding hydrogens is 492 g/mol. The van der Waals surface area contributed by atoms with E-state index in [1.807, 2.05) is 73.7 Å². The summed E-state index contributed by atoms with van der Waals surface area (Å²) in [6.07, 6.45) is 5.17. The van der Waals surface area contributed by atoms with Crippen LogP contribution >= 0.6 is 0 Å². The maximum Gasteiger partial charge on any atom is 0.305 e. The van der Waals surface area contributed by atoms with Crippen LogP contribution < -0.4 is 19.7 Å². The number of benzene rings is 3. The summed E-state index contributed by atoms with van der Waals surface area (Å²) in [5.41, 5.74) is 6.06. The van der Waals surface area contributed by atoms with Crippen molar-refractivity contribution in [2.24, 2.45) is 0 Å². The summed E-state index contributed by atoms with van der Waals surface area (Å²) in [5, 5.41) is 13.1. The molecule has 3 aromatic carbocycles. The third-order valence-electron chi connectivity index (χ3n) is 6.20. The molecule has 9 nitrogen and oxygen atoms in total. The average molecular weight is 517 g/mol. The topological polar surface area (TPSA) is 103 Å². The van der Waals surface area contributed by atoms with E-state index in [0.717, 1.165) is 16.7 Å². The molecule has 6 rings (SSSR count).